The van der Waals surface area contributed by atoms with Gasteiger partial charge >= 0.3 is 0 Å². The van der Waals surface area contributed by atoms with Crippen LogP contribution in [0.3, 0.4) is 0 Å². The molecule has 1 fully saturated rings. The number of hydrogen-bond donors (Lipinski definition) is 1. The number of imidazole rings is 1. The first kappa shape index (κ1) is 15.6. The van der Waals surface area contributed by atoms with Gasteiger partial charge in [-0.25, -0.2) is 4.98 Å². The molecule has 0 atom stereocenters. The van der Waals surface area contributed by atoms with Gasteiger partial charge in [0.15, 0.2) is 0 Å². The summed E-state index contributed by atoms with van der Waals surface area (Å²) >= 11 is 0. The Morgan fingerprint density at radius 1 is 1.20 bits per heavy atom. The number of anilines is 1. The van der Waals surface area contributed by atoms with Crippen LogP contribution < -0.4 is 4.90 Å². The zero-order valence-electron chi connectivity index (χ0n) is 14.1. The van der Waals surface area contributed by atoms with Crippen LogP contribution in [-0.2, 0) is 0 Å². The molecule has 0 saturated carbocycles. The molecule has 1 aliphatic rings. The Balaban J connectivity index is 1.47. The fourth-order valence-corrected chi connectivity index (χ4v) is 3.62. The Morgan fingerprint density at radius 2 is 1.96 bits per heavy atom. The number of hydrogen-bond acceptors (Lipinski definition) is 4. The van der Waals surface area contributed by atoms with Gasteiger partial charge in [-0.15, -0.1) is 0 Å². The number of benzene rings is 2. The number of aryl methyl sites for hydroxylation is 1. The standard InChI is InChI=1S/C19H20N4O2/c1-13-12-15(6-7-18(13)23(24)25)22-10-8-14(9-11-22)19-20-16-4-2-3-5-17(16)21-19/h2-7,12,14H,8-11H2,1H3,(H,20,21). The topological polar surface area (TPSA) is 75.1 Å². The highest BCUT2D eigenvalue weighted by Gasteiger charge is 2.24. The lowest BCUT2D eigenvalue weighted by molar-refractivity contribution is -0.385. The molecule has 3 aromatic rings. The van der Waals surface area contributed by atoms with Gasteiger partial charge < -0.3 is 9.88 Å². The van der Waals surface area contributed by atoms with Crippen molar-refractivity contribution in [2.75, 3.05) is 18.0 Å². The van der Waals surface area contributed by atoms with E-state index in [4.69, 9.17) is 4.98 Å². The van der Waals surface area contributed by atoms with Crippen molar-refractivity contribution in [1.82, 2.24) is 9.97 Å². The van der Waals surface area contributed by atoms with Crippen LogP contribution in [0.25, 0.3) is 11.0 Å². The summed E-state index contributed by atoms with van der Waals surface area (Å²) in [7, 11) is 0. The first-order chi connectivity index (χ1) is 12.1. The molecular formula is C19H20N4O2. The van der Waals surface area contributed by atoms with Gasteiger partial charge in [0.1, 0.15) is 5.82 Å². The molecule has 0 radical (unpaired) electrons. The van der Waals surface area contributed by atoms with Gasteiger partial charge in [0.25, 0.3) is 5.69 Å². The monoisotopic (exact) mass is 336 g/mol. The zero-order chi connectivity index (χ0) is 17.4. The van der Waals surface area contributed by atoms with E-state index in [-0.39, 0.29) is 10.6 Å². The number of rotatable bonds is 3. The molecule has 2 aromatic carbocycles. The van der Waals surface area contributed by atoms with Gasteiger partial charge in [-0.05, 0) is 44.0 Å². The summed E-state index contributed by atoms with van der Waals surface area (Å²) in [5.74, 6) is 1.50. The van der Waals surface area contributed by atoms with E-state index >= 15 is 0 Å². The largest absolute Gasteiger partial charge is 0.371 e. The van der Waals surface area contributed by atoms with Crippen LogP contribution in [0.1, 0.15) is 30.1 Å². The molecule has 1 saturated heterocycles. The molecule has 6 heteroatoms. The van der Waals surface area contributed by atoms with Gasteiger partial charge in [-0.2, -0.15) is 0 Å². The first-order valence-electron chi connectivity index (χ1n) is 8.56. The molecule has 0 amide bonds. The summed E-state index contributed by atoms with van der Waals surface area (Å²) in [6.45, 7) is 3.65. The lowest BCUT2D eigenvalue weighted by Crippen LogP contribution is -2.33. The van der Waals surface area contributed by atoms with E-state index in [1.54, 1.807) is 13.0 Å². The average Bonchev–Trinajstić information content (AvgIpc) is 3.05. The minimum atomic E-state index is -0.326. The van der Waals surface area contributed by atoms with Crippen molar-refractivity contribution < 1.29 is 4.92 Å². The Labute approximate surface area is 145 Å². The molecule has 4 rings (SSSR count). The minimum Gasteiger partial charge on any atom is -0.371 e. The van der Waals surface area contributed by atoms with E-state index in [9.17, 15) is 10.1 Å². The van der Waals surface area contributed by atoms with Crippen molar-refractivity contribution in [1.29, 1.82) is 0 Å². The Bertz CT molecular complexity index is 893. The normalized spacial score (nSPS) is 15.6. The van der Waals surface area contributed by atoms with E-state index in [2.05, 4.69) is 16.0 Å². The molecule has 1 aliphatic heterocycles. The van der Waals surface area contributed by atoms with E-state index in [0.29, 0.717) is 11.5 Å². The number of para-hydroxylation sites is 2. The third-order valence-electron chi connectivity index (χ3n) is 5.03. The number of aromatic nitrogens is 2. The van der Waals surface area contributed by atoms with E-state index in [1.165, 1.54) is 0 Å². The predicted molar refractivity (Wildman–Crippen MR) is 98.1 cm³/mol. The van der Waals surface area contributed by atoms with Gasteiger partial charge in [0, 0.05) is 36.3 Å². The van der Waals surface area contributed by atoms with Crippen molar-refractivity contribution in [3.8, 4) is 0 Å². The number of nitro benzene ring substituents is 1. The Morgan fingerprint density at radius 3 is 2.64 bits per heavy atom. The molecule has 25 heavy (non-hydrogen) atoms. The maximum atomic E-state index is 11.0. The molecule has 0 aliphatic carbocycles. The zero-order valence-corrected chi connectivity index (χ0v) is 14.1. The van der Waals surface area contributed by atoms with Crippen molar-refractivity contribution in [3.05, 3.63) is 64.0 Å². The van der Waals surface area contributed by atoms with E-state index in [1.807, 2.05) is 30.3 Å². The van der Waals surface area contributed by atoms with Crippen LogP contribution in [0.5, 0.6) is 0 Å². The molecule has 0 spiro atoms. The Kier molecular flexibility index (Phi) is 3.87. The van der Waals surface area contributed by atoms with Gasteiger partial charge in [0.05, 0.1) is 16.0 Å². The maximum Gasteiger partial charge on any atom is 0.272 e. The third-order valence-corrected chi connectivity index (χ3v) is 5.03. The molecule has 2 heterocycles. The van der Waals surface area contributed by atoms with Gasteiger partial charge in [0.2, 0.25) is 0 Å². The highest BCUT2D eigenvalue weighted by Crippen LogP contribution is 2.31. The van der Waals surface area contributed by atoms with Gasteiger partial charge in [-0.1, -0.05) is 12.1 Å². The lowest BCUT2D eigenvalue weighted by Gasteiger charge is -2.33. The number of fused-ring (bicyclic) bond motifs is 1. The molecule has 128 valence electrons. The summed E-state index contributed by atoms with van der Waals surface area (Å²) in [6.07, 6.45) is 2.05. The van der Waals surface area contributed by atoms with Crippen LogP contribution in [0.4, 0.5) is 11.4 Å². The number of nitro groups is 1. The number of nitrogens with one attached hydrogen (secondary N) is 1. The van der Waals surface area contributed by atoms with Crippen molar-refractivity contribution >= 4 is 22.4 Å². The summed E-state index contributed by atoms with van der Waals surface area (Å²) < 4.78 is 0. The second-order valence-electron chi connectivity index (χ2n) is 6.63. The van der Waals surface area contributed by atoms with Crippen LogP contribution in [-0.4, -0.2) is 28.0 Å². The molecule has 1 N–H and O–H groups in total. The predicted octanol–water partition coefficient (Wildman–Crippen LogP) is 4.16. The van der Waals surface area contributed by atoms with E-state index < -0.39 is 0 Å². The second-order valence-corrected chi connectivity index (χ2v) is 6.63. The van der Waals surface area contributed by atoms with Crippen LogP contribution in [0.2, 0.25) is 0 Å². The number of aromatic amines is 1. The van der Waals surface area contributed by atoms with Crippen LogP contribution in [0.15, 0.2) is 42.5 Å². The summed E-state index contributed by atoms with van der Waals surface area (Å²) in [5, 5.41) is 11.0. The fraction of sp³-hybridized carbons (Fsp3) is 0.316. The third kappa shape index (κ3) is 2.95. The number of H-pyrrole nitrogens is 1. The summed E-state index contributed by atoms with van der Waals surface area (Å²) in [4.78, 5) is 21.1. The highest BCUT2D eigenvalue weighted by atomic mass is 16.6. The number of piperidine rings is 1. The number of nitrogens with zero attached hydrogens (tertiary/aromatic N) is 3. The minimum absolute atomic E-state index is 0.181. The van der Waals surface area contributed by atoms with Crippen molar-refractivity contribution in [3.63, 3.8) is 0 Å². The van der Waals surface area contributed by atoms with E-state index in [0.717, 1.165) is 48.5 Å². The molecule has 0 unspecified atom stereocenters. The fourth-order valence-electron chi connectivity index (χ4n) is 3.62. The van der Waals surface area contributed by atoms with Crippen molar-refractivity contribution in [2.24, 2.45) is 0 Å². The molecular weight excluding hydrogens is 316 g/mol. The molecule has 1 aromatic heterocycles. The summed E-state index contributed by atoms with van der Waals surface area (Å²) in [5.41, 5.74) is 4.06. The van der Waals surface area contributed by atoms with Crippen LogP contribution >= 0.6 is 0 Å². The van der Waals surface area contributed by atoms with Crippen LogP contribution in [0, 0.1) is 17.0 Å². The van der Waals surface area contributed by atoms with Crippen molar-refractivity contribution in [2.45, 2.75) is 25.7 Å². The van der Waals surface area contributed by atoms with Gasteiger partial charge in [-0.3, -0.25) is 10.1 Å². The second kappa shape index (κ2) is 6.20. The lowest BCUT2D eigenvalue weighted by atomic mass is 9.95. The SMILES string of the molecule is Cc1cc(N2CCC(c3nc4ccccc4[nH]3)CC2)ccc1[N+](=O)[O-]. The Hall–Kier alpha value is -2.89. The maximum absolute atomic E-state index is 11.0. The first-order valence-corrected chi connectivity index (χ1v) is 8.56. The average molecular weight is 336 g/mol. The highest BCUT2D eigenvalue weighted by molar-refractivity contribution is 5.74. The summed E-state index contributed by atoms with van der Waals surface area (Å²) in [6, 6.07) is 13.5. The molecule has 0 bridgehead atoms. The molecule has 6 nitrogen and oxygen atoms in total. The smallest absolute Gasteiger partial charge is 0.272 e. The quantitative estimate of drug-likeness (QED) is 0.575.